The summed E-state index contributed by atoms with van der Waals surface area (Å²) < 4.78 is 20.1. The molecule has 0 atom stereocenters. The van der Waals surface area contributed by atoms with Crippen LogP contribution in [0.1, 0.15) is 46.1 Å². The number of hydrogen-bond acceptors (Lipinski definition) is 6. The summed E-state index contributed by atoms with van der Waals surface area (Å²) in [7, 11) is 0. The number of nitrogens with two attached hydrogens (primary N) is 1. The number of likely N-dealkylation sites (tertiary alicyclic amines) is 1. The average Bonchev–Trinajstić information content (AvgIpc) is 2.77. The Morgan fingerprint density at radius 1 is 1.15 bits per heavy atom. The molecule has 2 aliphatic heterocycles. The molecule has 2 fully saturated rings. The van der Waals surface area contributed by atoms with Gasteiger partial charge in [0.15, 0.2) is 5.82 Å². The second-order valence-electron chi connectivity index (χ2n) is 8.83. The second-order valence-corrected chi connectivity index (χ2v) is 8.83. The van der Waals surface area contributed by atoms with E-state index in [1.54, 1.807) is 18.2 Å². The fraction of sp³-hybridized carbons (Fsp3) is 0.625. The number of rotatable bonds is 7. The summed E-state index contributed by atoms with van der Waals surface area (Å²) in [5.41, 5.74) is 5.90. The Bertz CT molecular complexity index is 831. The van der Waals surface area contributed by atoms with Crippen molar-refractivity contribution >= 4 is 23.4 Å². The van der Waals surface area contributed by atoms with Crippen LogP contribution in [0.15, 0.2) is 18.2 Å². The number of halogens is 1. The van der Waals surface area contributed by atoms with Gasteiger partial charge in [-0.25, -0.2) is 4.39 Å². The largest absolute Gasteiger partial charge is 0.460 e. The van der Waals surface area contributed by atoms with Crippen molar-refractivity contribution in [1.82, 2.24) is 9.80 Å². The predicted molar refractivity (Wildman–Crippen MR) is 128 cm³/mol. The van der Waals surface area contributed by atoms with Gasteiger partial charge in [-0.2, -0.15) is 0 Å². The molecule has 33 heavy (non-hydrogen) atoms. The summed E-state index contributed by atoms with van der Waals surface area (Å²) in [6.07, 6.45) is 1.49. The molecule has 0 spiro atoms. The van der Waals surface area contributed by atoms with Crippen LogP contribution in [0.25, 0.3) is 0 Å². The highest BCUT2D eigenvalue weighted by molar-refractivity contribution is 5.94. The normalized spacial score (nSPS) is 17.6. The highest BCUT2D eigenvalue weighted by Gasteiger charge is 2.31. The molecule has 1 amide bonds. The lowest BCUT2D eigenvalue weighted by atomic mass is 9.94. The third-order valence-electron chi connectivity index (χ3n) is 6.32. The van der Waals surface area contributed by atoms with E-state index >= 15 is 4.39 Å². The highest BCUT2D eigenvalue weighted by Crippen LogP contribution is 2.26. The van der Waals surface area contributed by atoms with E-state index in [0.29, 0.717) is 37.9 Å². The summed E-state index contributed by atoms with van der Waals surface area (Å²) in [5, 5.41) is 7.12. The molecule has 184 valence electrons. The van der Waals surface area contributed by atoms with Gasteiger partial charge in [0, 0.05) is 43.7 Å². The van der Waals surface area contributed by atoms with Crippen molar-refractivity contribution in [2.45, 2.75) is 53.2 Å². The fourth-order valence-electron chi connectivity index (χ4n) is 4.38. The number of hydrogen-bond donors (Lipinski definition) is 2. The fourth-order valence-corrected chi connectivity index (χ4v) is 4.38. The monoisotopic (exact) mass is 463 g/mol. The van der Waals surface area contributed by atoms with E-state index in [-0.39, 0.29) is 43.7 Å². The Kier molecular flexibility index (Phi) is 9.64. The average molecular weight is 464 g/mol. The van der Waals surface area contributed by atoms with E-state index in [1.165, 1.54) is 0 Å². The SMILES string of the molecule is C.CC(C)N1CCC(C(=O)N2CCN(c3cccc(COC(=O)CC(=N)N)c3F)CC2)CC1. The summed E-state index contributed by atoms with van der Waals surface area (Å²) >= 11 is 0. The van der Waals surface area contributed by atoms with Gasteiger partial charge >= 0.3 is 5.97 Å². The Balaban J connectivity index is 0.00000385. The Hall–Kier alpha value is -2.68. The molecule has 9 heteroatoms. The number of carbonyl (C=O) groups excluding carboxylic acids is 2. The molecule has 1 aromatic rings. The first-order valence-electron chi connectivity index (χ1n) is 11.3. The van der Waals surface area contributed by atoms with Crippen LogP contribution in [0.4, 0.5) is 10.1 Å². The number of carbonyl (C=O) groups is 2. The lowest BCUT2D eigenvalue weighted by molar-refractivity contribution is -0.143. The third-order valence-corrected chi connectivity index (χ3v) is 6.32. The zero-order valence-corrected chi connectivity index (χ0v) is 19.0. The number of nitrogens with one attached hydrogen (secondary N) is 1. The lowest BCUT2D eigenvalue weighted by Crippen LogP contribution is -2.52. The molecule has 0 aliphatic carbocycles. The molecular weight excluding hydrogens is 425 g/mol. The third kappa shape index (κ3) is 6.90. The van der Waals surface area contributed by atoms with E-state index in [2.05, 4.69) is 18.7 Å². The van der Waals surface area contributed by atoms with Crippen molar-refractivity contribution in [3.8, 4) is 0 Å². The number of amidine groups is 1. The smallest absolute Gasteiger partial charge is 0.313 e. The number of nitrogens with zero attached hydrogens (tertiary/aromatic N) is 3. The van der Waals surface area contributed by atoms with Gasteiger partial charge in [0.2, 0.25) is 5.91 Å². The van der Waals surface area contributed by atoms with Gasteiger partial charge in [0.05, 0.1) is 5.69 Å². The number of esters is 1. The Morgan fingerprint density at radius 2 is 1.79 bits per heavy atom. The van der Waals surface area contributed by atoms with E-state index in [9.17, 15) is 9.59 Å². The van der Waals surface area contributed by atoms with Crippen LogP contribution in [0.5, 0.6) is 0 Å². The van der Waals surface area contributed by atoms with E-state index < -0.39 is 11.8 Å². The molecule has 0 bridgehead atoms. The van der Waals surface area contributed by atoms with Gasteiger partial charge in [0.25, 0.3) is 0 Å². The maximum atomic E-state index is 15.0. The molecule has 2 aliphatic rings. The standard InChI is InChI=1S/C23H34FN5O3.CH4/c1-16(2)27-8-6-17(7-9-27)23(31)29-12-10-28(11-13-29)19-5-3-4-18(22(19)24)15-32-21(30)14-20(25)26;/h3-5,16-17H,6-15H2,1-2H3,(H3,25,26);1H4. The van der Waals surface area contributed by atoms with Crippen LogP contribution in [-0.4, -0.2) is 72.8 Å². The number of piperidine rings is 1. The van der Waals surface area contributed by atoms with Gasteiger partial charge in [-0.15, -0.1) is 0 Å². The minimum atomic E-state index is -0.659. The first-order chi connectivity index (χ1) is 15.3. The minimum Gasteiger partial charge on any atom is -0.460 e. The molecule has 0 unspecified atom stereocenters. The van der Waals surface area contributed by atoms with Crippen LogP contribution < -0.4 is 10.6 Å². The summed E-state index contributed by atoms with van der Waals surface area (Å²) in [4.78, 5) is 30.8. The number of benzene rings is 1. The molecule has 2 saturated heterocycles. The van der Waals surface area contributed by atoms with Gasteiger partial charge in [-0.3, -0.25) is 15.0 Å². The van der Waals surface area contributed by atoms with E-state index in [4.69, 9.17) is 15.9 Å². The first kappa shape index (κ1) is 26.6. The quantitative estimate of drug-likeness (QED) is 0.366. The van der Waals surface area contributed by atoms with E-state index in [1.807, 2.05) is 9.80 Å². The summed E-state index contributed by atoms with van der Waals surface area (Å²) in [5.74, 6) is -1.07. The van der Waals surface area contributed by atoms with E-state index in [0.717, 1.165) is 25.9 Å². The molecule has 2 heterocycles. The molecular formula is C24H38FN5O3. The minimum absolute atomic E-state index is 0. The topological polar surface area (TPSA) is 103 Å². The molecule has 0 radical (unpaired) electrons. The number of amides is 1. The van der Waals surface area contributed by atoms with Crippen molar-refractivity contribution in [3.63, 3.8) is 0 Å². The lowest BCUT2D eigenvalue weighted by Gasteiger charge is -2.40. The molecule has 1 aromatic carbocycles. The number of piperazine rings is 1. The van der Waals surface area contributed by atoms with Gasteiger partial charge in [-0.05, 0) is 45.8 Å². The van der Waals surface area contributed by atoms with Crippen LogP contribution in [-0.2, 0) is 20.9 Å². The first-order valence-corrected chi connectivity index (χ1v) is 11.3. The van der Waals surface area contributed by atoms with Crippen LogP contribution >= 0.6 is 0 Å². The highest BCUT2D eigenvalue weighted by atomic mass is 19.1. The molecule has 3 rings (SSSR count). The van der Waals surface area contributed by atoms with Crippen molar-refractivity contribution in [2.75, 3.05) is 44.2 Å². The van der Waals surface area contributed by atoms with Crippen molar-refractivity contribution in [1.29, 1.82) is 5.41 Å². The zero-order valence-electron chi connectivity index (χ0n) is 19.0. The van der Waals surface area contributed by atoms with Gasteiger partial charge in [0.1, 0.15) is 18.9 Å². The number of ether oxygens (including phenoxy) is 1. The maximum absolute atomic E-state index is 15.0. The van der Waals surface area contributed by atoms with Crippen molar-refractivity contribution in [2.24, 2.45) is 11.7 Å². The molecule has 0 saturated carbocycles. The second kappa shape index (κ2) is 12.0. The molecule has 0 aromatic heterocycles. The Morgan fingerprint density at radius 3 is 2.36 bits per heavy atom. The van der Waals surface area contributed by atoms with Crippen LogP contribution in [0.2, 0.25) is 0 Å². The van der Waals surface area contributed by atoms with Crippen LogP contribution in [0.3, 0.4) is 0 Å². The predicted octanol–water partition coefficient (Wildman–Crippen LogP) is 2.60. The summed E-state index contributed by atoms with van der Waals surface area (Å²) in [6.45, 7) is 8.34. The number of anilines is 1. The summed E-state index contributed by atoms with van der Waals surface area (Å²) in [6, 6.07) is 5.52. The molecule has 3 N–H and O–H groups in total. The van der Waals surface area contributed by atoms with Gasteiger partial charge in [-0.1, -0.05) is 19.6 Å². The molecule has 8 nitrogen and oxygen atoms in total. The van der Waals surface area contributed by atoms with Gasteiger partial charge < -0.3 is 25.2 Å². The van der Waals surface area contributed by atoms with Crippen molar-refractivity contribution < 1.29 is 18.7 Å². The van der Waals surface area contributed by atoms with Crippen LogP contribution in [0, 0.1) is 17.1 Å². The Labute approximate surface area is 196 Å². The zero-order chi connectivity index (χ0) is 23.3. The van der Waals surface area contributed by atoms with Crippen molar-refractivity contribution in [3.05, 3.63) is 29.6 Å². The maximum Gasteiger partial charge on any atom is 0.313 e.